The highest BCUT2D eigenvalue weighted by Gasteiger charge is 2.33. The smallest absolute Gasteiger partial charge is 0.406 e. The van der Waals surface area contributed by atoms with Crippen LogP contribution in [0.2, 0.25) is 0 Å². The third kappa shape index (κ3) is 5.10. The van der Waals surface area contributed by atoms with Gasteiger partial charge in [-0.3, -0.25) is 14.9 Å². The lowest BCUT2D eigenvalue weighted by Gasteiger charge is -2.37. The average molecular weight is 481 g/mol. The number of nitrogens with zero attached hydrogens (tertiary/aromatic N) is 4. The van der Waals surface area contributed by atoms with Gasteiger partial charge in [-0.25, -0.2) is 8.42 Å². The van der Waals surface area contributed by atoms with Gasteiger partial charge in [0, 0.05) is 55.6 Å². The van der Waals surface area contributed by atoms with Crippen LogP contribution in [-0.2, 0) is 10.0 Å². The van der Waals surface area contributed by atoms with Crippen LogP contribution >= 0.6 is 0 Å². The second-order valence-corrected chi connectivity index (χ2v) is 9.78. The van der Waals surface area contributed by atoms with Crippen LogP contribution in [0, 0.1) is 6.92 Å². The maximum Gasteiger partial charge on any atom is 0.573 e. The molecule has 1 atom stereocenters. The molecule has 4 rings (SSSR count). The molecule has 2 aromatic heterocycles. The summed E-state index contributed by atoms with van der Waals surface area (Å²) >= 11 is 0. The number of aryl methyl sites for hydroxylation is 1. The summed E-state index contributed by atoms with van der Waals surface area (Å²) in [6.45, 7) is 5.31. The van der Waals surface area contributed by atoms with Gasteiger partial charge in [-0.2, -0.15) is 4.31 Å². The van der Waals surface area contributed by atoms with Crippen LogP contribution in [0.1, 0.15) is 24.4 Å². The van der Waals surface area contributed by atoms with Crippen LogP contribution in [0.3, 0.4) is 0 Å². The van der Waals surface area contributed by atoms with Crippen molar-refractivity contribution in [1.29, 1.82) is 0 Å². The molecular formula is C22H23F3N4O3S. The highest BCUT2D eigenvalue weighted by Crippen LogP contribution is 2.28. The number of piperazine rings is 1. The molecule has 0 N–H and O–H groups in total. The molecule has 1 saturated heterocycles. The van der Waals surface area contributed by atoms with Crippen molar-refractivity contribution >= 4 is 20.9 Å². The van der Waals surface area contributed by atoms with Crippen LogP contribution in [-0.4, -0.2) is 60.1 Å². The van der Waals surface area contributed by atoms with Gasteiger partial charge >= 0.3 is 6.36 Å². The summed E-state index contributed by atoms with van der Waals surface area (Å²) in [5.41, 5.74) is 2.64. The van der Waals surface area contributed by atoms with Gasteiger partial charge in [-0.05, 0) is 44.2 Å². The third-order valence-electron chi connectivity index (χ3n) is 5.76. The summed E-state index contributed by atoms with van der Waals surface area (Å²) < 4.78 is 68.6. The second-order valence-electron chi connectivity index (χ2n) is 7.84. The van der Waals surface area contributed by atoms with Gasteiger partial charge in [0.25, 0.3) is 0 Å². The summed E-state index contributed by atoms with van der Waals surface area (Å²) in [5.74, 6) is -0.566. The lowest BCUT2D eigenvalue weighted by Crippen LogP contribution is -2.49. The van der Waals surface area contributed by atoms with E-state index in [1.807, 2.05) is 32.0 Å². The molecule has 1 aliphatic rings. The predicted molar refractivity (Wildman–Crippen MR) is 116 cm³/mol. The van der Waals surface area contributed by atoms with Crippen molar-refractivity contribution in [2.45, 2.75) is 31.1 Å². The maximum absolute atomic E-state index is 13.0. The first kappa shape index (κ1) is 23.4. The van der Waals surface area contributed by atoms with Crippen molar-refractivity contribution in [3.63, 3.8) is 0 Å². The Morgan fingerprint density at radius 3 is 2.48 bits per heavy atom. The monoisotopic (exact) mass is 480 g/mol. The number of rotatable bonds is 5. The van der Waals surface area contributed by atoms with Crippen LogP contribution < -0.4 is 4.74 Å². The minimum Gasteiger partial charge on any atom is -0.406 e. The van der Waals surface area contributed by atoms with E-state index in [1.54, 1.807) is 6.20 Å². The van der Waals surface area contributed by atoms with E-state index in [9.17, 15) is 21.6 Å². The Kier molecular flexibility index (Phi) is 6.30. The molecular weight excluding hydrogens is 457 g/mol. The summed E-state index contributed by atoms with van der Waals surface area (Å²) in [6.07, 6.45) is -3.17. The van der Waals surface area contributed by atoms with Gasteiger partial charge in [0.2, 0.25) is 10.0 Å². The minimum atomic E-state index is -4.89. The predicted octanol–water partition coefficient (Wildman–Crippen LogP) is 3.90. The number of fused-ring (bicyclic) bond motifs is 1. The van der Waals surface area contributed by atoms with Gasteiger partial charge in [-0.1, -0.05) is 6.07 Å². The highest BCUT2D eigenvalue weighted by molar-refractivity contribution is 7.89. The average Bonchev–Trinajstić information content (AvgIpc) is 2.77. The Balaban J connectivity index is 1.45. The molecule has 0 amide bonds. The van der Waals surface area contributed by atoms with E-state index < -0.39 is 22.1 Å². The zero-order valence-corrected chi connectivity index (χ0v) is 18.9. The Morgan fingerprint density at radius 1 is 1.06 bits per heavy atom. The van der Waals surface area contributed by atoms with Crippen LogP contribution in [0.4, 0.5) is 13.2 Å². The molecule has 1 fully saturated rings. The number of hydrogen-bond donors (Lipinski definition) is 0. The molecule has 0 saturated carbocycles. The molecule has 7 nitrogen and oxygen atoms in total. The van der Waals surface area contributed by atoms with Crippen LogP contribution in [0.25, 0.3) is 10.9 Å². The normalized spacial score (nSPS) is 17.2. The van der Waals surface area contributed by atoms with Crippen molar-refractivity contribution in [3.8, 4) is 5.75 Å². The number of hydrogen-bond acceptors (Lipinski definition) is 6. The Hall–Kier alpha value is -2.76. The number of sulfonamides is 1. The Morgan fingerprint density at radius 2 is 1.79 bits per heavy atom. The topological polar surface area (TPSA) is 75.6 Å². The number of alkyl halides is 3. The molecule has 0 radical (unpaired) electrons. The lowest BCUT2D eigenvalue weighted by atomic mass is 10.1. The molecule has 11 heteroatoms. The van der Waals surface area contributed by atoms with E-state index in [4.69, 9.17) is 4.98 Å². The number of benzene rings is 1. The number of halogens is 3. The van der Waals surface area contributed by atoms with Gasteiger partial charge < -0.3 is 4.74 Å². The molecule has 1 unspecified atom stereocenters. The van der Waals surface area contributed by atoms with E-state index in [0.717, 1.165) is 34.4 Å². The molecule has 3 aromatic rings. The summed E-state index contributed by atoms with van der Waals surface area (Å²) in [4.78, 5) is 10.9. The first-order chi connectivity index (χ1) is 15.5. The van der Waals surface area contributed by atoms with Gasteiger partial charge in [-0.15, -0.1) is 13.2 Å². The van der Waals surface area contributed by atoms with Gasteiger partial charge in [0.1, 0.15) is 5.75 Å². The fraction of sp³-hybridized carbons (Fsp3) is 0.364. The maximum atomic E-state index is 13.0. The first-order valence-electron chi connectivity index (χ1n) is 10.4. The number of pyridine rings is 2. The van der Waals surface area contributed by atoms with E-state index in [0.29, 0.717) is 13.1 Å². The van der Waals surface area contributed by atoms with E-state index >= 15 is 0 Å². The van der Waals surface area contributed by atoms with Crippen molar-refractivity contribution in [1.82, 2.24) is 19.2 Å². The molecule has 176 valence electrons. The zero-order chi connectivity index (χ0) is 23.8. The standard InChI is InChI=1S/C22H23F3N4O3S/c1-15-19-6-7-20(27-21(19)8-9-26-15)16(2)28-10-12-29(13-11-28)33(30,31)18-5-3-4-17(14-18)32-22(23,24)25/h3-9,14,16H,10-13H2,1-2H3. The Labute approximate surface area is 189 Å². The molecule has 0 spiro atoms. The van der Waals surface area contributed by atoms with Crippen LogP contribution in [0.15, 0.2) is 53.6 Å². The number of aromatic nitrogens is 2. The molecule has 0 aliphatic carbocycles. The summed E-state index contributed by atoms with van der Waals surface area (Å²) in [6, 6.07) is 10.2. The molecule has 1 aliphatic heterocycles. The van der Waals surface area contributed by atoms with Gasteiger partial charge in [0.15, 0.2) is 0 Å². The van der Waals surface area contributed by atoms with E-state index in [-0.39, 0.29) is 24.0 Å². The molecule has 0 bridgehead atoms. The summed E-state index contributed by atoms with van der Waals surface area (Å²) in [5, 5.41) is 0.987. The quantitative estimate of drug-likeness (QED) is 0.551. The highest BCUT2D eigenvalue weighted by atomic mass is 32.2. The number of ether oxygens (including phenoxy) is 1. The third-order valence-corrected chi connectivity index (χ3v) is 7.66. The fourth-order valence-corrected chi connectivity index (χ4v) is 5.40. The fourth-order valence-electron chi connectivity index (χ4n) is 3.94. The zero-order valence-electron chi connectivity index (χ0n) is 18.1. The minimum absolute atomic E-state index is 0.0313. The van der Waals surface area contributed by atoms with Gasteiger partial charge in [0.05, 0.1) is 16.1 Å². The molecule has 1 aromatic carbocycles. The van der Waals surface area contributed by atoms with E-state index in [1.165, 1.54) is 16.4 Å². The van der Waals surface area contributed by atoms with Crippen molar-refractivity contribution in [2.75, 3.05) is 26.2 Å². The van der Waals surface area contributed by atoms with Crippen LogP contribution in [0.5, 0.6) is 5.75 Å². The van der Waals surface area contributed by atoms with Crippen molar-refractivity contribution < 1.29 is 26.3 Å². The van der Waals surface area contributed by atoms with Crippen molar-refractivity contribution in [2.24, 2.45) is 0 Å². The Bertz CT molecular complexity index is 1260. The first-order valence-corrected chi connectivity index (χ1v) is 11.8. The second kappa shape index (κ2) is 8.88. The molecule has 3 heterocycles. The van der Waals surface area contributed by atoms with Crippen molar-refractivity contribution in [3.05, 3.63) is 60.0 Å². The molecule has 33 heavy (non-hydrogen) atoms. The van der Waals surface area contributed by atoms with E-state index in [2.05, 4.69) is 14.6 Å². The summed E-state index contributed by atoms with van der Waals surface area (Å²) in [7, 11) is -3.95. The SMILES string of the molecule is Cc1nccc2nc(C(C)N3CCN(S(=O)(=O)c4cccc(OC(F)(F)F)c4)CC3)ccc12. The largest absolute Gasteiger partial charge is 0.573 e. The lowest BCUT2D eigenvalue weighted by molar-refractivity contribution is -0.274.